The Labute approximate surface area is 483 Å². The van der Waals surface area contributed by atoms with Gasteiger partial charge >= 0.3 is 12.1 Å². The SMILES string of the molecule is Cc1c(-c2ccc(N3CCc4cccc(C(=O)Nc5nc6ccccc6s5)c4C3)nc2C(=O)O)cnn1CC12CC3(C)CC(C)(C1)CC(OCCN(C)C(=O)OCc1ccc(O[C@@H]4O[C@H](CO)[C@H](O)[C@H](O)[C@H]4O)c(NC(=O)CCN)c1)(C3)C2. The summed E-state index contributed by atoms with van der Waals surface area (Å²) in [5.41, 5.74) is 10.8. The molecule has 83 heavy (non-hydrogen) atoms. The van der Waals surface area contributed by atoms with Crippen molar-refractivity contribution in [2.45, 2.75) is 128 Å². The summed E-state index contributed by atoms with van der Waals surface area (Å²) >= 11 is 1.42. The number of rotatable bonds is 19. The molecule has 23 heteroatoms. The van der Waals surface area contributed by atoms with Gasteiger partial charge < -0.3 is 65.3 Å². The third kappa shape index (κ3) is 11.8. The van der Waals surface area contributed by atoms with Crippen LogP contribution in [-0.2, 0) is 45.1 Å². The highest BCUT2D eigenvalue weighted by molar-refractivity contribution is 7.22. The number of aliphatic hydroxyl groups is 4. The minimum absolute atomic E-state index is 0.00243. The van der Waals surface area contributed by atoms with Gasteiger partial charge in [-0.2, -0.15) is 5.10 Å². The molecule has 3 aromatic heterocycles. The number of thiazole rings is 1. The maximum Gasteiger partial charge on any atom is 0.409 e. The number of aliphatic hydroxyl groups excluding tert-OH is 4. The normalized spacial score (nSPS) is 27.0. The molecule has 5 fully saturated rings. The molecule has 2 aliphatic heterocycles. The lowest BCUT2D eigenvalue weighted by atomic mass is 9.39. The molecule has 4 aliphatic carbocycles. The van der Waals surface area contributed by atoms with E-state index in [1.165, 1.54) is 28.4 Å². The van der Waals surface area contributed by atoms with Gasteiger partial charge in [0.05, 0.1) is 40.9 Å². The molecule has 4 saturated carbocycles. The molecule has 5 heterocycles. The van der Waals surface area contributed by atoms with Crippen LogP contribution in [0.1, 0.15) is 102 Å². The minimum Gasteiger partial charge on any atom is -0.476 e. The largest absolute Gasteiger partial charge is 0.476 e. The van der Waals surface area contributed by atoms with E-state index in [1.807, 2.05) is 71.1 Å². The molecular formula is C60H71N9O13S. The van der Waals surface area contributed by atoms with Crippen LogP contribution in [0, 0.1) is 23.2 Å². The predicted molar refractivity (Wildman–Crippen MR) is 307 cm³/mol. The molecule has 2 unspecified atom stereocenters. The van der Waals surface area contributed by atoms with Crippen molar-refractivity contribution in [3.8, 4) is 16.9 Å². The fourth-order valence-electron chi connectivity index (χ4n) is 14.7. The topological polar surface area (TPSA) is 307 Å². The second-order valence-electron chi connectivity index (χ2n) is 24.1. The van der Waals surface area contributed by atoms with E-state index in [2.05, 4.69) is 29.5 Å². The summed E-state index contributed by atoms with van der Waals surface area (Å²) in [6.45, 7) is 8.04. The summed E-state index contributed by atoms with van der Waals surface area (Å²) < 4.78 is 27.0. The number of carbonyl (C=O) groups excluding carboxylic acids is 3. The number of likely N-dealkylation sites (N-methyl/N-ethyl adjacent to an activating group) is 1. The fraction of sp³-hybridized carbons (Fsp3) is 0.483. The molecule has 0 spiro atoms. The van der Waals surface area contributed by atoms with E-state index in [9.17, 15) is 44.7 Å². The number of fused-ring (bicyclic) bond motifs is 2. The molecule has 6 aromatic rings. The Hall–Kier alpha value is -7.09. The van der Waals surface area contributed by atoms with Crippen molar-refractivity contribution >= 4 is 62.1 Å². The number of aromatic carboxylic acids is 1. The number of hydrogen-bond acceptors (Lipinski definition) is 18. The van der Waals surface area contributed by atoms with Gasteiger partial charge in [-0.25, -0.2) is 19.6 Å². The first-order valence-electron chi connectivity index (χ1n) is 28.1. The Morgan fingerprint density at radius 2 is 1.69 bits per heavy atom. The maximum atomic E-state index is 13.8. The number of carbonyl (C=O) groups is 4. The van der Waals surface area contributed by atoms with Crippen LogP contribution in [0.25, 0.3) is 21.3 Å². The van der Waals surface area contributed by atoms with Gasteiger partial charge in [0.2, 0.25) is 12.2 Å². The van der Waals surface area contributed by atoms with Crippen LogP contribution in [0.3, 0.4) is 0 Å². The number of nitrogens with zero attached hydrogens (tertiary/aromatic N) is 6. The molecule has 440 valence electrons. The molecule has 4 bridgehead atoms. The number of nitrogens with two attached hydrogens (primary N) is 1. The van der Waals surface area contributed by atoms with E-state index in [0.29, 0.717) is 59.3 Å². The first-order chi connectivity index (χ1) is 39.7. The predicted octanol–water partition coefficient (Wildman–Crippen LogP) is 6.25. The van der Waals surface area contributed by atoms with Crippen LogP contribution >= 0.6 is 11.3 Å². The Bertz CT molecular complexity index is 3410. The van der Waals surface area contributed by atoms with Gasteiger partial charge in [0.25, 0.3) is 5.91 Å². The second kappa shape index (κ2) is 22.8. The molecular weight excluding hydrogens is 1090 g/mol. The van der Waals surface area contributed by atoms with Gasteiger partial charge in [0, 0.05) is 68.6 Å². The van der Waals surface area contributed by atoms with Gasteiger partial charge in [-0.1, -0.05) is 55.5 Å². The van der Waals surface area contributed by atoms with Crippen LogP contribution < -0.4 is 26.0 Å². The van der Waals surface area contributed by atoms with Crippen LogP contribution in [0.5, 0.6) is 5.75 Å². The first-order valence-corrected chi connectivity index (χ1v) is 28.9. The zero-order valence-corrected chi connectivity index (χ0v) is 47.7. The van der Waals surface area contributed by atoms with E-state index in [1.54, 1.807) is 19.3 Å². The van der Waals surface area contributed by atoms with Gasteiger partial charge in [-0.3, -0.25) is 19.6 Å². The van der Waals surface area contributed by atoms with Crippen molar-refractivity contribution in [1.29, 1.82) is 0 Å². The average molecular weight is 1160 g/mol. The lowest BCUT2D eigenvalue weighted by Crippen LogP contribution is -2.64. The van der Waals surface area contributed by atoms with Crippen molar-refractivity contribution < 1.29 is 63.7 Å². The summed E-state index contributed by atoms with van der Waals surface area (Å²) in [6, 6.07) is 21.7. The number of carboxylic acid groups (broad SMARTS) is 1. The standard InChI is InChI=1S/C60H71N9O13S/c1-34-39(37-13-15-46(65-48(37)53(76)77)68-19-17-36-8-7-9-38(40(36)24-68)52(75)66-55-64-41-10-5-6-11-45(41)83-55)23-62-69(34)33-59-28-57(2)27-58(3,29-59)31-60(30-57,32-59)80-21-20-67(4)56(78)79-26-35-12-14-43(42(22-35)63-47(71)16-18-61)81-54-51(74)50(73)49(72)44(25-70)82-54/h5-15,22-23,44,49-51,54,70,72-74H,16-21,24-33,61H2,1-4H3,(H,63,71)(H,76,77)(H,64,66,75)/t44-,49+,50+,51-,54-,57?,58?,59?,60?/m1/s1. The number of para-hydroxylation sites is 1. The monoisotopic (exact) mass is 1160 g/mol. The summed E-state index contributed by atoms with van der Waals surface area (Å²) in [4.78, 5) is 65.8. The highest BCUT2D eigenvalue weighted by atomic mass is 32.1. The molecule has 22 nitrogen and oxygen atoms in total. The highest BCUT2D eigenvalue weighted by Gasteiger charge is 2.66. The summed E-state index contributed by atoms with van der Waals surface area (Å²) in [7, 11) is 1.64. The maximum absolute atomic E-state index is 13.8. The quantitative estimate of drug-likeness (QED) is 0.0445. The fourth-order valence-corrected chi connectivity index (χ4v) is 15.5. The van der Waals surface area contributed by atoms with E-state index in [4.69, 9.17) is 34.8 Å². The zero-order valence-electron chi connectivity index (χ0n) is 46.9. The number of hydrogen-bond donors (Lipinski definition) is 8. The van der Waals surface area contributed by atoms with E-state index < -0.39 is 60.9 Å². The van der Waals surface area contributed by atoms with Crippen molar-refractivity contribution in [3.05, 3.63) is 113 Å². The van der Waals surface area contributed by atoms with E-state index in [-0.39, 0.29) is 72.0 Å². The third-order valence-electron chi connectivity index (χ3n) is 17.3. The van der Waals surface area contributed by atoms with Crippen molar-refractivity contribution in [1.82, 2.24) is 24.6 Å². The Balaban J connectivity index is 0.733. The second-order valence-corrected chi connectivity index (χ2v) is 25.2. The van der Waals surface area contributed by atoms with E-state index >= 15 is 0 Å². The highest BCUT2D eigenvalue weighted by Crippen LogP contribution is 2.72. The van der Waals surface area contributed by atoms with Gasteiger partial charge in [0.15, 0.2) is 10.8 Å². The van der Waals surface area contributed by atoms with Gasteiger partial charge in [0.1, 0.15) is 42.6 Å². The molecule has 6 aliphatic rings. The summed E-state index contributed by atoms with van der Waals surface area (Å²) in [5, 5.41) is 62.6. The molecule has 0 radical (unpaired) electrons. The lowest BCUT2D eigenvalue weighted by Gasteiger charge is -2.69. The Kier molecular flexibility index (Phi) is 15.9. The zero-order chi connectivity index (χ0) is 58.6. The van der Waals surface area contributed by atoms with Crippen molar-refractivity contribution in [2.24, 2.45) is 22.0 Å². The number of nitrogens with one attached hydrogen (secondary N) is 2. The van der Waals surface area contributed by atoms with Gasteiger partial charge in [-0.05, 0) is 127 Å². The molecule has 9 N–H and O–H groups in total. The average Bonchev–Trinajstić information content (AvgIpc) is 0.982. The number of amides is 3. The minimum atomic E-state index is -1.69. The molecule has 3 amide bonds. The smallest absolute Gasteiger partial charge is 0.409 e. The third-order valence-corrected chi connectivity index (χ3v) is 18.2. The van der Waals surface area contributed by atoms with Gasteiger partial charge in [-0.15, -0.1) is 0 Å². The number of benzene rings is 3. The summed E-state index contributed by atoms with van der Waals surface area (Å²) in [5.74, 6) is -1.31. The molecule has 12 rings (SSSR count). The van der Waals surface area contributed by atoms with Crippen LogP contribution in [0.15, 0.2) is 79.0 Å². The lowest BCUT2D eigenvalue weighted by molar-refractivity contribution is -0.277. The molecule has 7 atom stereocenters. The van der Waals surface area contributed by atoms with E-state index in [0.717, 1.165) is 65.6 Å². The number of ether oxygens (including phenoxy) is 4. The number of carboxylic acids is 1. The molecule has 3 aromatic carbocycles. The Morgan fingerprint density at radius 1 is 0.904 bits per heavy atom. The van der Waals surface area contributed by atoms with Crippen LogP contribution in [-0.4, -0.2) is 150 Å². The van der Waals surface area contributed by atoms with Crippen molar-refractivity contribution in [2.75, 3.05) is 55.4 Å². The van der Waals surface area contributed by atoms with Crippen LogP contribution in [0.2, 0.25) is 0 Å². The van der Waals surface area contributed by atoms with Crippen molar-refractivity contribution in [3.63, 3.8) is 0 Å². The molecule has 1 saturated heterocycles. The number of pyridine rings is 1. The Morgan fingerprint density at radius 3 is 2.43 bits per heavy atom. The number of anilines is 3. The first kappa shape index (κ1) is 57.7. The van der Waals surface area contributed by atoms with Crippen LogP contribution in [0.4, 0.5) is 21.4 Å². The number of aromatic nitrogens is 4. The summed E-state index contributed by atoms with van der Waals surface area (Å²) in [6.07, 6.45) is -0.269.